The van der Waals surface area contributed by atoms with Crippen LogP contribution in [-0.4, -0.2) is 17.8 Å². The Labute approximate surface area is 187 Å². The minimum absolute atomic E-state index is 0.0210. The van der Waals surface area contributed by atoms with E-state index in [-0.39, 0.29) is 39.9 Å². The van der Waals surface area contributed by atoms with E-state index in [0.717, 1.165) is 41.3 Å². The highest BCUT2D eigenvalue weighted by atomic mass is 35.5. The van der Waals surface area contributed by atoms with Gasteiger partial charge in [0.2, 0.25) is 5.91 Å². The molecule has 2 aliphatic rings. The zero-order valence-electron chi connectivity index (χ0n) is 16.2. The van der Waals surface area contributed by atoms with E-state index in [1.165, 1.54) is 25.1 Å². The molecule has 160 valence electrons. The summed E-state index contributed by atoms with van der Waals surface area (Å²) in [6.07, 6.45) is -2.88. The molecule has 0 saturated carbocycles. The molecule has 8 heteroatoms. The number of carbonyl (C=O) groups excluding carboxylic acids is 1. The molecule has 0 radical (unpaired) electrons. The molecule has 4 rings (SSSR count). The second-order valence-corrected chi connectivity index (χ2v) is 10.1. The van der Waals surface area contributed by atoms with Gasteiger partial charge in [0.15, 0.2) is 0 Å². The van der Waals surface area contributed by atoms with Gasteiger partial charge in [0.25, 0.3) is 0 Å². The predicted molar refractivity (Wildman–Crippen MR) is 115 cm³/mol. The molecular formula is C22H20Cl2F3NOS. The molecule has 1 aliphatic heterocycles. The van der Waals surface area contributed by atoms with Crippen LogP contribution in [-0.2, 0) is 16.0 Å². The van der Waals surface area contributed by atoms with Crippen molar-refractivity contribution in [3.8, 4) is 0 Å². The topological polar surface area (TPSA) is 29.1 Å². The SMILES string of the molecule is CC(=O)NC1CCc2cc(C3CSC(c4cc(Cl)cc(Cl)c4)(C(F)(F)F)C3)ccc21. The summed E-state index contributed by atoms with van der Waals surface area (Å²) in [5.74, 6) is 0.0381. The maximum absolute atomic E-state index is 14.3. The summed E-state index contributed by atoms with van der Waals surface area (Å²) in [4.78, 5) is 11.4. The lowest BCUT2D eigenvalue weighted by atomic mass is 9.84. The molecule has 30 heavy (non-hydrogen) atoms. The standard InChI is InChI=1S/C22H20Cl2F3NOS/c1-12(29)28-20-5-3-14-6-13(2-4-19(14)20)15-10-21(30-11-15,22(25,26)27)16-7-17(23)9-18(24)8-16/h2,4,6-9,15,20H,3,5,10-11H2,1H3,(H,28,29). The number of thioether (sulfide) groups is 1. The summed E-state index contributed by atoms with van der Waals surface area (Å²) in [7, 11) is 0. The molecule has 1 amide bonds. The smallest absolute Gasteiger partial charge is 0.350 e. The van der Waals surface area contributed by atoms with Crippen LogP contribution in [0.2, 0.25) is 10.0 Å². The Hall–Kier alpha value is -1.37. The van der Waals surface area contributed by atoms with E-state index in [2.05, 4.69) is 5.32 Å². The summed E-state index contributed by atoms with van der Waals surface area (Å²) in [6.45, 7) is 1.49. The fourth-order valence-electron chi connectivity index (χ4n) is 4.56. The van der Waals surface area contributed by atoms with Crippen molar-refractivity contribution in [3.63, 3.8) is 0 Å². The Morgan fingerprint density at radius 1 is 1.17 bits per heavy atom. The highest BCUT2D eigenvalue weighted by molar-refractivity contribution is 8.00. The van der Waals surface area contributed by atoms with Gasteiger partial charge in [0.1, 0.15) is 4.75 Å². The van der Waals surface area contributed by atoms with Crippen molar-refractivity contribution in [1.82, 2.24) is 5.32 Å². The van der Waals surface area contributed by atoms with Crippen LogP contribution in [0.25, 0.3) is 0 Å². The van der Waals surface area contributed by atoms with Crippen molar-refractivity contribution in [1.29, 1.82) is 0 Å². The van der Waals surface area contributed by atoms with Crippen molar-refractivity contribution in [2.24, 2.45) is 0 Å². The number of amides is 1. The largest absolute Gasteiger partial charge is 0.407 e. The first-order valence-electron chi connectivity index (χ1n) is 9.66. The molecule has 1 aliphatic carbocycles. The minimum atomic E-state index is -4.44. The van der Waals surface area contributed by atoms with Crippen LogP contribution in [0.4, 0.5) is 13.2 Å². The van der Waals surface area contributed by atoms with Gasteiger partial charge in [-0.25, -0.2) is 0 Å². The number of carbonyl (C=O) groups is 1. The van der Waals surface area contributed by atoms with E-state index >= 15 is 0 Å². The van der Waals surface area contributed by atoms with Gasteiger partial charge in [-0.1, -0.05) is 41.4 Å². The first kappa shape index (κ1) is 21.8. The molecule has 1 saturated heterocycles. The van der Waals surface area contributed by atoms with Gasteiger partial charge in [0.05, 0.1) is 6.04 Å². The van der Waals surface area contributed by atoms with Crippen LogP contribution in [0.15, 0.2) is 36.4 Å². The highest BCUT2D eigenvalue weighted by Gasteiger charge is 2.60. The van der Waals surface area contributed by atoms with E-state index in [9.17, 15) is 18.0 Å². The van der Waals surface area contributed by atoms with Crippen LogP contribution in [0.5, 0.6) is 0 Å². The molecule has 2 nitrogen and oxygen atoms in total. The van der Waals surface area contributed by atoms with E-state index in [4.69, 9.17) is 23.2 Å². The molecule has 1 N–H and O–H groups in total. The lowest BCUT2D eigenvalue weighted by Crippen LogP contribution is -2.37. The zero-order chi connectivity index (χ0) is 21.7. The summed E-state index contributed by atoms with van der Waals surface area (Å²) in [6, 6.07) is 10.0. The maximum atomic E-state index is 14.3. The third-order valence-corrected chi connectivity index (χ3v) is 8.08. The van der Waals surface area contributed by atoms with E-state index in [1.807, 2.05) is 18.2 Å². The lowest BCUT2D eigenvalue weighted by molar-refractivity contribution is -0.163. The Bertz CT molecular complexity index is 977. The van der Waals surface area contributed by atoms with Crippen LogP contribution < -0.4 is 5.32 Å². The van der Waals surface area contributed by atoms with Crippen molar-refractivity contribution in [2.75, 3.05) is 5.75 Å². The third-order valence-electron chi connectivity index (χ3n) is 5.95. The first-order chi connectivity index (χ1) is 14.1. The van der Waals surface area contributed by atoms with Gasteiger partial charge >= 0.3 is 6.18 Å². The van der Waals surface area contributed by atoms with Crippen molar-refractivity contribution >= 4 is 40.9 Å². The summed E-state index contributed by atoms with van der Waals surface area (Å²) in [5.41, 5.74) is 3.17. The van der Waals surface area contributed by atoms with Gasteiger partial charge in [-0.05, 0) is 65.6 Å². The summed E-state index contributed by atoms with van der Waals surface area (Å²) in [5, 5.41) is 3.34. The second kappa shape index (κ2) is 7.95. The Morgan fingerprint density at radius 3 is 2.50 bits per heavy atom. The van der Waals surface area contributed by atoms with E-state index < -0.39 is 10.9 Å². The number of aryl methyl sites for hydroxylation is 1. The Balaban J connectivity index is 1.65. The lowest BCUT2D eigenvalue weighted by Gasteiger charge is -2.32. The van der Waals surface area contributed by atoms with Gasteiger partial charge in [-0.15, -0.1) is 11.8 Å². The average molecular weight is 474 g/mol. The predicted octanol–water partition coefficient (Wildman–Crippen LogP) is 6.80. The molecule has 3 atom stereocenters. The number of benzene rings is 2. The normalized spacial score (nSPS) is 25.9. The van der Waals surface area contributed by atoms with Crippen molar-refractivity contribution in [3.05, 3.63) is 68.7 Å². The van der Waals surface area contributed by atoms with Crippen LogP contribution in [0, 0.1) is 0 Å². The Morgan fingerprint density at radius 2 is 1.87 bits per heavy atom. The van der Waals surface area contributed by atoms with Crippen molar-refractivity contribution < 1.29 is 18.0 Å². The second-order valence-electron chi connectivity index (χ2n) is 7.94. The van der Waals surface area contributed by atoms with Crippen LogP contribution in [0.1, 0.15) is 54.0 Å². The quantitative estimate of drug-likeness (QED) is 0.531. The molecule has 1 heterocycles. The summed E-state index contributed by atoms with van der Waals surface area (Å²) < 4.78 is 40.9. The number of alkyl halides is 3. The van der Waals surface area contributed by atoms with Gasteiger partial charge in [-0.2, -0.15) is 13.2 Å². The third kappa shape index (κ3) is 3.94. The van der Waals surface area contributed by atoms with Gasteiger partial charge in [-0.3, -0.25) is 4.79 Å². The number of hydrogen-bond donors (Lipinski definition) is 1. The molecule has 2 aromatic rings. The molecule has 1 fully saturated rings. The first-order valence-corrected chi connectivity index (χ1v) is 11.4. The number of rotatable bonds is 3. The average Bonchev–Trinajstić information content (AvgIpc) is 3.25. The van der Waals surface area contributed by atoms with Gasteiger partial charge < -0.3 is 5.32 Å². The summed E-state index contributed by atoms with van der Waals surface area (Å²) >= 11 is 12.9. The molecule has 0 spiro atoms. The molecule has 0 bridgehead atoms. The van der Waals surface area contributed by atoms with Crippen LogP contribution >= 0.6 is 35.0 Å². The Kier molecular flexibility index (Phi) is 5.79. The molecule has 2 aromatic carbocycles. The number of fused-ring (bicyclic) bond motifs is 1. The monoisotopic (exact) mass is 473 g/mol. The van der Waals surface area contributed by atoms with Crippen LogP contribution in [0.3, 0.4) is 0 Å². The fourth-order valence-corrected chi connectivity index (χ4v) is 6.65. The van der Waals surface area contributed by atoms with E-state index in [1.54, 1.807) is 0 Å². The number of hydrogen-bond acceptors (Lipinski definition) is 2. The maximum Gasteiger partial charge on any atom is 0.407 e. The molecule has 0 aromatic heterocycles. The van der Waals surface area contributed by atoms with Crippen molar-refractivity contribution in [2.45, 2.75) is 49.1 Å². The molecular weight excluding hydrogens is 454 g/mol. The van der Waals surface area contributed by atoms with E-state index in [0.29, 0.717) is 5.75 Å². The minimum Gasteiger partial charge on any atom is -0.350 e. The number of nitrogens with one attached hydrogen (secondary N) is 1. The number of halogens is 5. The highest BCUT2D eigenvalue weighted by Crippen LogP contribution is 2.61. The fraction of sp³-hybridized carbons (Fsp3) is 0.409. The molecule has 3 unspecified atom stereocenters. The zero-order valence-corrected chi connectivity index (χ0v) is 18.5. The van der Waals surface area contributed by atoms with Gasteiger partial charge in [0, 0.05) is 22.7 Å².